The van der Waals surface area contributed by atoms with Crippen molar-refractivity contribution >= 4 is 16.7 Å². The fraction of sp³-hybridized carbons (Fsp3) is 0.292. The summed E-state index contributed by atoms with van der Waals surface area (Å²) >= 11 is 0. The third kappa shape index (κ3) is 4.20. The van der Waals surface area contributed by atoms with E-state index in [1.165, 1.54) is 16.3 Å². The molecule has 27 heavy (non-hydrogen) atoms. The van der Waals surface area contributed by atoms with E-state index in [1.54, 1.807) is 0 Å². The highest BCUT2D eigenvalue weighted by Crippen LogP contribution is 2.23. The number of rotatable bonds is 7. The molecule has 0 spiro atoms. The molecule has 0 aliphatic heterocycles. The van der Waals surface area contributed by atoms with Crippen LogP contribution in [0.1, 0.15) is 44.0 Å². The normalized spacial score (nSPS) is 13.3. The first kappa shape index (κ1) is 19.1. The third-order valence-electron chi connectivity index (χ3n) is 5.29. The molecule has 1 amide bonds. The predicted octanol–water partition coefficient (Wildman–Crippen LogP) is 4.07. The monoisotopic (exact) mass is 361 g/mol. The minimum Gasteiger partial charge on any atom is -0.338 e. The number of benzene rings is 3. The van der Waals surface area contributed by atoms with Crippen molar-refractivity contribution in [2.75, 3.05) is 13.1 Å². The van der Waals surface area contributed by atoms with Crippen molar-refractivity contribution in [1.82, 2.24) is 4.90 Å². The van der Waals surface area contributed by atoms with Crippen molar-refractivity contribution in [3.8, 4) is 0 Å². The summed E-state index contributed by atoms with van der Waals surface area (Å²) in [5.41, 5.74) is 2.32. The smallest absolute Gasteiger partial charge is 0.285 e. The number of carbonyl (C=O) groups is 1. The van der Waals surface area contributed by atoms with Gasteiger partial charge in [0.05, 0.1) is 0 Å². The molecule has 3 rings (SSSR count). The Labute approximate surface area is 162 Å². The highest BCUT2D eigenvalue weighted by molar-refractivity contribution is 5.86. The predicted molar refractivity (Wildman–Crippen MR) is 111 cm³/mol. The minimum absolute atomic E-state index is 0.167. The average Bonchev–Trinajstić information content (AvgIpc) is 2.72. The molecular formula is C24H29N2O+. The first-order valence-electron chi connectivity index (χ1n) is 9.82. The average molecular weight is 362 g/mol. The number of quaternary nitrogens is 1. The van der Waals surface area contributed by atoms with E-state index in [4.69, 9.17) is 0 Å². The Hall–Kier alpha value is -2.65. The maximum Gasteiger partial charge on any atom is 0.285 e. The van der Waals surface area contributed by atoms with E-state index < -0.39 is 0 Å². The number of nitrogens with zero attached hydrogens (tertiary/aromatic N) is 1. The molecule has 0 fully saturated rings. The minimum atomic E-state index is -0.236. The van der Waals surface area contributed by atoms with Crippen LogP contribution in [0.5, 0.6) is 0 Å². The van der Waals surface area contributed by atoms with Gasteiger partial charge < -0.3 is 10.2 Å². The molecule has 0 saturated carbocycles. The number of carbonyl (C=O) groups excluding carboxylic acids is 1. The molecule has 2 atom stereocenters. The van der Waals surface area contributed by atoms with Crippen LogP contribution < -0.4 is 5.32 Å². The lowest BCUT2D eigenvalue weighted by Crippen LogP contribution is -2.88. The van der Waals surface area contributed by atoms with Gasteiger partial charge in [-0.3, -0.25) is 4.79 Å². The van der Waals surface area contributed by atoms with Crippen molar-refractivity contribution in [3.63, 3.8) is 0 Å². The highest BCUT2D eigenvalue weighted by atomic mass is 16.2. The molecule has 0 aliphatic carbocycles. The largest absolute Gasteiger partial charge is 0.338 e. The van der Waals surface area contributed by atoms with Crippen molar-refractivity contribution in [1.29, 1.82) is 0 Å². The lowest BCUT2D eigenvalue weighted by Gasteiger charge is -2.26. The van der Waals surface area contributed by atoms with Crippen molar-refractivity contribution in [2.45, 2.75) is 32.9 Å². The molecule has 140 valence electrons. The van der Waals surface area contributed by atoms with E-state index in [1.807, 2.05) is 36.9 Å². The van der Waals surface area contributed by atoms with Crippen LogP contribution in [-0.2, 0) is 4.79 Å². The molecule has 0 saturated heterocycles. The Morgan fingerprint density at radius 1 is 0.889 bits per heavy atom. The summed E-state index contributed by atoms with van der Waals surface area (Å²) in [5.74, 6) is 0.179. The van der Waals surface area contributed by atoms with Gasteiger partial charge >= 0.3 is 0 Å². The summed E-state index contributed by atoms with van der Waals surface area (Å²) in [6.07, 6.45) is 0. The maximum atomic E-state index is 13.2. The molecule has 3 aromatic rings. The van der Waals surface area contributed by atoms with Crippen LogP contribution in [-0.4, -0.2) is 23.9 Å². The molecule has 0 unspecified atom stereocenters. The van der Waals surface area contributed by atoms with Crippen molar-refractivity contribution < 1.29 is 10.1 Å². The molecule has 2 N–H and O–H groups in total. The summed E-state index contributed by atoms with van der Waals surface area (Å²) in [5, 5.41) is 4.70. The van der Waals surface area contributed by atoms with Crippen LogP contribution in [0.25, 0.3) is 10.8 Å². The molecule has 0 aromatic heterocycles. The van der Waals surface area contributed by atoms with Gasteiger partial charge in [-0.1, -0.05) is 72.8 Å². The van der Waals surface area contributed by atoms with Crippen LogP contribution in [0, 0.1) is 0 Å². The Morgan fingerprint density at radius 2 is 1.52 bits per heavy atom. The topological polar surface area (TPSA) is 36.9 Å². The molecule has 0 bridgehead atoms. The van der Waals surface area contributed by atoms with Gasteiger partial charge in [-0.15, -0.1) is 0 Å². The lowest BCUT2D eigenvalue weighted by molar-refractivity contribution is -0.719. The van der Waals surface area contributed by atoms with Crippen LogP contribution in [0.15, 0.2) is 72.8 Å². The lowest BCUT2D eigenvalue weighted by atomic mass is 9.97. The van der Waals surface area contributed by atoms with Crippen molar-refractivity contribution in [2.24, 2.45) is 0 Å². The second kappa shape index (κ2) is 8.83. The summed E-state index contributed by atoms with van der Waals surface area (Å²) < 4.78 is 0. The molecule has 0 aliphatic rings. The van der Waals surface area contributed by atoms with E-state index in [9.17, 15) is 4.79 Å². The number of fused-ring (bicyclic) bond motifs is 1. The summed E-state index contributed by atoms with van der Waals surface area (Å²) in [4.78, 5) is 15.2. The van der Waals surface area contributed by atoms with Gasteiger partial charge in [0.1, 0.15) is 6.04 Å². The maximum absolute atomic E-state index is 13.2. The van der Waals surface area contributed by atoms with Crippen LogP contribution >= 0.6 is 0 Å². The Bertz CT molecular complexity index is 882. The number of hydrogen-bond donors (Lipinski definition) is 1. The van der Waals surface area contributed by atoms with Gasteiger partial charge in [0.2, 0.25) is 0 Å². The van der Waals surface area contributed by atoms with E-state index >= 15 is 0 Å². The van der Waals surface area contributed by atoms with Gasteiger partial charge in [-0.25, -0.2) is 0 Å². The third-order valence-corrected chi connectivity index (χ3v) is 5.29. The fourth-order valence-electron chi connectivity index (χ4n) is 3.77. The molecule has 0 heterocycles. The molecule has 3 heteroatoms. The second-order valence-corrected chi connectivity index (χ2v) is 6.95. The van der Waals surface area contributed by atoms with Gasteiger partial charge in [-0.2, -0.15) is 0 Å². The quantitative estimate of drug-likeness (QED) is 0.676. The second-order valence-electron chi connectivity index (χ2n) is 6.95. The van der Waals surface area contributed by atoms with Crippen LogP contribution in [0.3, 0.4) is 0 Å². The zero-order chi connectivity index (χ0) is 19.2. The summed E-state index contributed by atoms with van der Waals surface area (Å²) in [6.45, 7) is 7.73. The summed E-state index contributed by atoms with van der Waals surface area (Å²) in [6, 6.07) is 24.9. The molecular weight excluding hydrogens is 332 g/mol. The van der Waals surface area contributed by atoms with E-state index in [0.29, 0.717) is 0 Å². The van der Waals surface area contributed by atoms with E-state index in [0.717, 1.165) is 18.7 Å². The molecule has 3 nitrogen and oxygen atoms in total. The van der Waals surface area contributed by atoms with Gasteiger partial charge in [0.25, 0.3) is 5.91 Å². The summed E-state index contributed by atoms with van der Waals surface area (Å²) in [7, 11) is 0. The fourth-order valence-corrected chi connectivity index (χ4v) is 3.77. The van der Waals surface area contributed by atoms with Gasteiger partial charge in [-0.05, 0) is 31.5 Å². The zero-order valence-electron chi connectivity index (χ0n) is 16.4. The molecule has 3 aromatic carbocycles. The van der Waals surface area contributed by atoms with Crippen LogP contribution in [0.4, 0.5) is 0 Å². The number of likely N-dealkylation sites (N-methyl/N-ethyl adjacent to an activating group) is 1. The SMILES string of the molecule is CCN(CC)C(=O)[C@H]([NH2+][C@@H](C)c1cccc2ccccc12)c1ccccc1. The standard InChI is InChI=1S/C24H28N2O/c1-4-26(5-2)24(27)23(20-13-7-6-8-14-20)25-18(3)21-17-11-15-19-12-9-10-16-22(19)21/h6-18,23,25H,4-5H2,1-3H3/p+1/t18-,23+/m0/s1. The van der Waals surface area contributed by atoms with E-state index in [-0.39, 0.29) is 18.0 Å². The Balaban J connectivity index is 1.94. The first-order chi connectivity index (χ1) is 13.2. The van der Waals surface area contributed by atoms with Gasteiger partial charge in [0.15, 0.2) is 6.04 Å². The number of nitrogens with two attached hydrogens (primary N) is 1. The number of hydrogen-bond acceptors (Lipinski definition) is 1. The Kier molecular flexibility index (Phi) is 6.25. The molecule has 0 radical (unpaired) electrons. The highest BCUT2D eigenvalue weighted by Gasteiger charge is 2.30. The van der Waals surface area contributed by atoms with Crippen molar-refractivity contribution in [3.05, 3.63) is 83.9 Å². The zero-order valence-corrected chi connectivity index (χ0v) is 16.4. The Morgan fingerprint density at radius 3 is 2.22 bits per heavy atom. The van der Waals surface area contributed by atoms with Crippen LogP contribution in [0.2, 0.25) is 0 Å². The van der Waals surface area contributed by atoms with E-state index in [2.05, 4.69) is 66.8 Å². The number of amides is 1. The first-order valence-corrected chi connectivity index (χ1v) is 9.82. The van der Waals surface area contributed by atoms with Gasteiger partial charge in [0, 0.05) is 24.2 Å².